The van der Waals surface area contributed by atoms with Crippen molar-refractivity contribution in [1.82, 2.24) is 4.90 Å². The van der Waals surface area contributed by atoms with E-state index in [9.17, 15) is 5.11 Å². The summed E-state index contributed by atoms with van der Waals surface area (Å²) < 4.78 is 11.5. The molecule has 0 spiro atoms. The summed E-state index contributed by atoms with van der Waals surface area (Å²) in [6.07, 6.45) is 10.5. The van der Waals surface area contributed by atoms with Crippen molar-refractivity contribution >= 4 is 0 Å². The van der Waals surface area contributed by atoms with Gasteiger partial charge in [0.2, 0.25) is 0 Å². The van der Waals surface area contributed by atoms with Crippen molar-refractivity contribution in [2.75, 3.05) is 34.4 Å². The summed E-state index contributed by atoms with van der Waals surface area (Å²) in [5.74, 6) is 0.878. The van der Waals surface area contributed by atoms with Gasteiger partial charge in [0, 0.05) is 6.54 Å². The van der Waals surface area contributed by atoms with E-state index in [-0.39, 0.29) is 5.60 Å². The first-order chi connectivity index (χ1) is 11.5. The van der Waals surface area contributed by atoms with Gasteiger partial charge in [-0.25, -0.2) is 0 Å². The predicted octanol–water partition coefficient (Wildman–Crippen LogP) is 2.82. The number of rotatable bonds is 9. The molecule has 0 heterocycles. The van der Waals surface area contributed by atoms with Crippen LogP contribution in [0.4, 0.5) is 0 Å². The van der Waals surface area contributed by atoms with E-state index in [1.165, 1.54) is 5.56 Å². The zero-order valence-corrected chi connectivity index (χ0v) is 14.9. The van der Waals surface area contributed by atoms with Crippen molar-refractivity contribution in [1.29, 1.82) is 0 Å². The summed E-state index contributed by atoms with van der Waals surface area (Å²) in [6, 6.07) is 8.15. The van der Waals surface area contributed by atoms with Crippen LogP contribution in [0.5, 0.6) is 5.75 Å². The number of likely N-dealkylation sites (N-methyl/N-ethyl adjacent to an activating group) is 1. The Hall–Kier alpha value is -1.62. The number of aryl methyl sites for hydroxylation is 1. The minimum atomic E-state index is -0.479. The molecule has 0 aliphatic heterocycles. The van der Waals surface area contributed by atoms with Gasteiger partial charge in [-0.05, 0) is 51.1 Å². The van der Waals surface area contributed by atoms with E-state index in [2.05, 4.69) is 24.3 Å². The van der Waals surface area contributed by atoms with Gasteiger partial charge in [-0.3, -0.25) is 0 Å². The second kappa shape index (κ2) is 9.02. The number of ether oxygens (including phenoxy) is 2. The molecule has 0 saturated heterocycles. The molecule has 0 amide bonds. The van der Waals surface area contributed by atoms with Crippen molar-refractivity contribution in [2.45, 2.75) is 31.0 Å². The minimum Gasteiger partial charge on any atom is -0.497 e. The number of allylic oxidation sites excluding steroid dienone is 2. The Morgan fingerprint density at radius 3 is 2.79 bits per heavy atom. The van der Waals surface area contributed by atoms with E-state index in [0.717, 1.165) is 25.0 Å². The molecule has 1 aliphatic carbocycles. The fourth-order valence-corrected chi connectivity index (χ4v) is 2.93. The number of nitrogens with zero attached hydrogens (tertiary/aromatic N) is 1. The normalized spacial score (nSPS) is 21.2. The Labute approximate surface area is 145 Å². The van der Waals surface area contributed by atoms with Gasteiger partial charge in [0.15, 0.2) is 0 Å². The Balaban J connectivity index is 1.97. The summed E-state index contributed by atoms with van der Waals surface area (Å²) in [6.45, 7) is 0.944. The molecular weight excluding hydrogens is 302 g/mol. The third-order valence-corrected chi connectivity index (χ3v) is 4.22. The summed E-state index contributed by atoms with van der Waals surface area (Å²) in [4.78, 5) is 1.97. The molecule has 0 saturated carbocycles. The molecule has 2 atom stereocenters. The minimum absolute atomic E-state index is 0.342. The lowest BCUT2D eigenvalue weighted by Gasteiger charge is -2.33. The summed E-state index contributed by atoms with van der Waals surface area (Å²) >= 11 is 0. The number of hydrogen-bond acceptors (Lipinski definition) is 4. The van der Waals surface area contributed by atoms with Crippen LogP contribution in [0.3, 0.4) is 0 Å². The van der Waals surface area contributed by atoms with E-state index in [4.69, 9.17) is 9.47 Å². The first-order valence-electron chi connectivity index (χ1n) is 8.47. The van der Waals surface area contributed by atoms with Crippen LogP contribution in [0.15, 0.2) is 48.6 Å². The molecule has 1 aromatic carbocycles. The largest absolute Gasteiger partial charge is 0.497 e. The first-order valence-corrected chi connectivity index (χ1v) is 8.47. The molecule has 0 radical (unpaired) electrons. The van der Waals surface area contributed by atoms with Gasteiger partial charge in [0.05, 0.1) is 25.4 Å². The molecule has 0 unspecified atom stereocenters. The molecular formula is C20H29NO3. The lowest BCUT2D eigenvalue weighted by molar-refractivity contribution is -0.0596. The molecule has 24 heavy (non-hydrogen) atoms. The third kappa shape index (κ3) is 5.78. The highest BCUT2D eigenvalue weighted by Crippen LogP contribution is 2.29. The molecule has 1 aromatic rings. The highest BCUT2D eigenvalue weighted by molar-refractivity contribution is 5.29. The zero-order chi connectivity index (χ0) is 17.4. The molecule has 0 aromatic heterocycles. The summed E-state index contributed by atoms with van der Waals surface area (Å²) in [5, 5.41) is 10.1. The topological polar surface area (TPSA) is 41.9 Å². The number of benzene rings is 1. The number of aliphatic hydroxyl groups is 1. The van der Waals surface area contributed by atoms with Crippen LogP contribution < -0.4 is 4.74 Å². The van der Waals surface area contributed by atoms with Crippen LogP contribution in [-0.2, 0) is 11.2 Å². The second-order valence-electron chi connectivity index (χ2n) is 6.63. The predicted molar refractivity (Wildman–Crippen MR) is 97.5 cm³/mol. The van der Waals surface area contributed by atoms with E-state index < -0.39 is 6.10 Å². The van der Waals surface area contributed by atoms with Crippen molar-refractivity contribution in [3.63, 3.8) is 0 Å². The second-order valence-corrected chi connectivity index (χ2v) is 6.63. The fourth-order valence-electron chi connectivity index (χ4n) is 2.93. The monoisotopic (exact) mass is 331 g/mol. The van der Waals surface area contributed by atoms with Crippen LogP contribution in [0.25, 0.3) is 0 Å². The van der Waals surface area contributed by atoms with Crippen LogP contribution in [0.1, 0.15) is 18.4 Å². The molecule has 0 fully saturated rings. The highest BCUT2D eigenvalue weighted by atomic mass is 16.5. The van der Waals surface area contributed by atoms with Gasteiger partial charge in [-0.15, -0.1) is 0 Å². The van der Waals surface area contributed by atoms with Gasteiger partial charge >= 0.3 is 0 Å². The standard InChI is InChI=1S/C20H29NO3/c1-21(2)15-18(22)16-24-20(11-5-4-6-12-20)13-10-17-8-7-9-19(14-17)23-3/h4-9,11,14,18,22H,10,12-13,15-16H2,1-3H3/t18-,20-/m1/s1. The average Bonchev–Trinajstić information content (AvgIpc) is 2.59. The van der Waals surface area contributed by atoms with E-state index in [1.807, 2.05) is 43.3 Å². The first kappa shape index (κ1) is 18.7. The molecule has 1 N–H and O–H groups in total. The van der Waals surface area contributed by atoms with Crippen LogP contribution in [-0.4, -0.2) is 56.1 Å². The molecule has 1 aliphatic rings. The molecule has 4 nitrogen and oxygen atoms in total. The highest BCUT2D eigenvalue weighted by Gasteiger charge is 2.28. The molecule has 4 heteroatoms. The maximum Gasteiger partial charge on any atom is 0.119 e. The van der Waals surface area contributed by atoms with Gasteiger partial charge in [0.1, 0.15) is 5.75 Å². The van der Waals surface area contributed by atoms with Crippen LogP contribution in [0.2, 0.25) is 0 Å². The Morgan fingerprint density at radius 2 is 2.12 bits per heavy atom. The maximum atomic E-state index is 10.1. The lowest BCUT2D eigenvalue weighted by atomic mass is 9.88. The van der Waals surface area contributed by atoms with Gasteiger partial charge in [0.25, 0.3) is 0 Å². The fraction of sp³-hybridized carbons (Fsp3) is 0.500. The van der Waals surface area contributed by atoms with E-state index in [0.29, 0.717) is 13.2 Å². The van der Waals surface area contributed by atoms with Crippen molar-refractivity contribution in [3.8, 4) is 5.75 Å². The third-order valence-electron chi connectivity index (χ3n) is 4.22. The average molecular weight is 331 g/mol. The van der Waals surface area contributed by atoms with E-state index >= 15 is 0 Å². The summed E-state index contributed by atoms with van der Waals surface area (Å²) in [7, 11) is 5.58. The van der Waals surface area contributed by atoms with Crippen molar-refractivity contribution in [2.24, 2.45) is 0 Å². The molecule has 0 bridgehead atoms. The zero-order valence-electron chi connectivity index (χ0n) is 14.9. The van der Waals surface area contributed by atoms with Gasteiger partial charge < -0.3 is 19.5 Å². The van der Waals surface area contributed by atoms with Crippen molar-refractivity contribution < 1.29 is 14.6 Å². The van der Waals surface area contributed by atoms with Gasteiger partial charge in [-0.2, -0.15) is 0 Å². The number of aliphatic hydroxyl groups excluding tert-OH is 1. The molecule has 2 rings (SSSR count). The smallest absolute Gasteiger partial charge is 0.119 e. The Bertz CT molecular complexity index is 568. The van der Waals surface area contributed by atoms with Crippen LogP contribution in [0, 0.1) is 0 Å². The van der Waals surface area contributed by atoms with Crippen LogP contribution >= 0.6 is 0 Å². The van der Waals surface area contributed by atoms with E-state index in [1.54, 1.807) is 7.11 Å². The SMILES string of the molecule is COc1cccc(CC[C@@]2(OC[C@H](O)CN(C)C)C=CC=CC2)c1. The molecule has 132 valence electrons. The number of methoxy groups -OCH3 is 1. The van der Waals surface area contributed by atoms with Gasteiger partial charge in [-0.1, -0.05) is 36.4 Å². The Kier molecular flexibility index (Phi) is 7.03. The number of hydrogen-bond donors (Lipinski definition) is 1. The maximum absolute atomic E-state index is 10.1. The quantitative estimate of drug-likeness (QED) is 0.755. The summed E-state index contributed by atoms with van der Waals surface area (Å²) in [5.41, 5.74) is 0.889. The Morgan fingerprint density at radius 1 is 1.29 bits per heavy atom. The van der Waals surface area contributed by atoms with Crippen molar-refractivity contribution in [3.05, 3.63) is 54.1 Å². The lowest BCUT2D eigenvalue weighted by Crippen LogP contribution is -2.37.